The molecule has 1 fully saturated rings. The van der Waals surface area contributed by atoms with Crippen molar-refractivity contribution in [2.45, 2.75) is 26.0 Å². The van der Waals surface area contributed by atoms with E-state index < -0.39 is 47.4 Å². The molecule has 1 aliphatic rings. The predicted octanol–water partition coefficient (Wildman–Crippen LogP) is -2.88. The van der Waals surface area contributed by atoms with Crippen molar-refractivity contribution in [3.05, 3.63) is 0 Å². The molecule has 0 bridgehead atoms. The van der Waals surface area contributed by atoms with Gasteiger partial charge in [0.05, 0.1) is 28.4 Å². The molecule has 8 heteroatoms. The van der Waals surface area contributed by atoms with Crippen LogP contribution in [0.1, 0.15) is 13.8 Å². The standard InChI is InChI=1S/C10H13N3O5/c1-3(8(15)7(13-11)10(17)18)6-5(4(2)14)9(16)12-6/h3-6,11,14H,1-2H3,(H-,12,16,17,18)/t3-,4-,5-,6-/m1/s1. The third-order valence-corrected chi connectivity index (χ3v) is 3.01. The molecular weight excluding hydrogens is 242 g/mol. The Bertz CT molecular complexity index is 452. The first-order valence-corrected chi connectivity index (χ1v) is 5.29. The lowest BCUT2D eigenvalue weighted by atomic mass is 9.76. The molecule has 0 aliphatic carbocycles. The molecule has 1 aliphatic heterocycles. The summed E-state index contributed by atoms with van der Waals surface area (Å²) < 4.78 is 0. The van der Waals surface area contributed by atoms with Gasteiger partial charge in [-0.15, -0.1) is 0 Å². The quantitative estimate of drug-likeness (QED) is 0.159. The number of carbonyl (C=O) groups is 3. The van der Waals surface area contributed by atoms with E-state index in [9.17, 15) is 24.6 Å². The summed E-state index contributed by atoms with van der Waals surface area (Å²) in [5.41, 5.74) is 5.62. The van der Waals surface area contributed by atoms with E-state index in [2.05, 4.69) is 10.1 Å². The zero-order chi connectivity index (χ0) is 14.0. The van der Waals surface area contributed by atoms with Crippen LogP contribution < -0.4 is 10.4 Å². The predicted molar refractivity (Wildman–Crippen MR) is 54.3 cm³/mol. The van der Waals surface area contributed by atoms with Crippen molar-refractivity contribution in [1.29, 1.82) is 5.53 Å². The highest BCUT2D eigenvalue weighted by Gasteiger charge is 2.49. The fourth-order valence-corrected chi connectivity index (χ4v) is 1.95. The maximum Gasteiger partial charge on any atom is 0.429 e. The molecule has 98 valence electrons. The Hall–Kier alpha value is -2.05. The van der Waals surface area contributed by atoms with E-state index in [4.69, 9.17) is 5.53 Å². The average molecular weight is 255 g/mol. The molecule has 1 heterocycles. The minimum Gasteiger partial charge on any atom is -0.538 e. The van der Waals surface area contributed by atoms with Crippen LogP contribution in [0.3, 0.4) is 0 Å². The minimum atomic E-state index is -1.83. The zero-order valence-electron chi connectivity index (χ0n) is 9.84. The van der Waals surface area contributed by atoms with Crippen LogP contribution in [0, 0.1) is 17.4 Å². The molecule has 1 rings (SSSR count). The number of Topliss-reactive ketones (excluding diaryl/α,β-unsaturated/α-hetero) is 1. The molecule has 0 saturated carbocycles. The van der Waals surface area contributed by atoms with Gasteiger partial charge in [-0.25, -0.2) is 0 Å². The SMILES string of the molecule is C[C@@H](O)[C@H]1C(=O)N[C@@H]1[C@@H](C)C(=O)C(=[N+]=N)C(=O)[O-]. The number of aliphatic hydroxyl groups is 1. The lowest BCUT2D eigenvalue weighted by Crippen LogP contribution is -2.66. The summed E-state index contributed by atoms with van der Waals surface area (Å²) >= 11 is 0. The maximum atomic E-state index is 11.7. The van der Waals surface area contributed by atoms with Crippen molar-refractivity contribution >= 4 is 23.4 Å². The Morgan fingerprint density at radius 1 is 1.50 bits per heavy atom. The van der Waals surface area contributed by atoms with Gasteiger partial charge in [-0.3, -0.25) is 9.59 Å². The normalized spacial score (nSPS) is 25.2. The summed E-state index contributed by atoms with van der Waals surface area (Å²) in [6.07, 6.45) is -0.946. The summed E-state index contributed by atoms with van der Waals surface area (Å²) in [5, 5.41) is 22.4. The van der Waals surface area contributed by atoms with Gasteiger partial charge in [0, 0.05) is 5.92 Å². The fraction of sp³-hybridized carbons (Fsp3) is 0.600. The largest absolute Gasteiger partial charge is 0.538 e. The van der Waals surface area contributed by atoms with Crippen molar-refractivity contribution in [2.75, 3.05) is 0 Å². The Labute approximate surface area is 102 Å². The number of nitrogens with zero attached hydrogens (tertiary/aromatic N) is 1. The summed E-state index contributed by atoms with van der Waals surface area (Å²) in [5.74, 6) is -4.80. The van der Waals surface area contributed by atoms with E-state index in [0.29, 0.717) is 0 Å². The second-order valence-corrected chi connectivity index (χ2v) is 4.20. The van der Waals surface area contributed by atoms with Crippen LogP contribution in [0.4, 0.5) is 0 Å². The lowest BCUT2D eigenvalue weighted by molar-refractivity contribution is -0.298. The second-order valence-electron chi connectivity index (χ2n) is 4.20. The fourth-order valence-electron chi connectivity index (χ4n) is 1.95. The summed E-state index contributed by atoms with van der Waals surface area (Å²) in [6.45, 7) is 2.81. The van der Waals surface area contributed by atoms with Crippen LogP contribution in [0.5, 0.6) is 0 Å². The Morgan fingerprint density at radius 2 is 2.06 bits per heavy atom. The van der Waals surface area contributed by atoms with E-state index in [1.54, 1.807) is 0 Å². The Kier molecular flexibility index (Phi) is 3.95. The van der Waals surface area contributed by atoms with Gasteiger partial charge in [0.25, 0.3) is 5.78 Å². The number of aliphatic hydroxyl groups excluding tert-OH is 1. The highest BCUT2D eigenvalue weighted by Crippen LogP contribution is 2.26. The molecule has 0 spiro atoms. The summed E-state index contributed by atoms with van der Waals surface area (Å²) in [7, 11) is 0. The number of amides is 1. The molecule has 1 amide bonds. The van der Waals surface area contributed by atoms with E-state index >= 15 is 0 Å². The number of nitrogens with one attached hydrogen (secondary N) is 2. The number of rotatable bonds is 5. The van der Waals surface area contributed by atoms with Gasteiger partial charge in [-0.2, -0.15) is 0 Å². The van der Waals surface area contributed by atoms with Crippen LogP contribution in [0.15, 0.2) is 0 Å². The van der Waals surface area contributed by atoms with Crippen LogP contribution in [-0.2, 0) is 14.4 Å². The summed E-state index contributed by atoms with van der Waals surface area (Å²) in [4.78, 5) is 36.1. The summed E-state index contributed by atoms with van der Waals surface area (Å²) in [6, 6.07) is -0.666. The number of β-lactam (4-membered cyclic amide) rings is 1. The lowest BCUT2D eigenvalue weighted by Gasteiger charge is -2.40. The van der Waals surface area contributed by atoms with Gasteiger partial charge in [-0.1, -0.05) is 6.92 Å². The van der Waals surface area contributed by atoms with Gasteiger partial charge in [-0.05, 0) is 6.92 Å². The first kappa shape index (κ1) is 14.0. The maximum absolute atomic E-state index is 11.7. The number of hydrogen-bond donors (Lipinski definition) is 3. The molecule has 18 heavy (non-hydrogen) atoms. The van der Waals surface area contributed by atoms with Crippen molar-refractivity contribution in [3.8, 4) is 0 Å². The number of carboxylic acid groups (broad SMARTS) is 1. The van der Waals surface area contributed by atoms with Gasteiger partial charge in [0.15, 0.2) is 5.97 Å². The van der Waals surface area contributed by atoms with Crippen molar-refractivity contribution in [1.82, 2.24) is 5.32 Å². The molecule has 0 aromatic carbocycles. The van der Waals surface area contributed by atoms with Crippen LogP contribution in [-0.4, -0.2) is 45.4 Å². The number of aliphatic carboxylic acids is 1. The van der Waals surface area contributed by atoms with Crippen LogP contribution in [0.2, 0.25) is 0 Å². The highest BCUT2D eigenvalue weighted by molar-refractivity contribution is 6.61. The molecule has 0 aromatic heterocycles. The van der Waals surface area contributed by atoms with Crippen molar-refractivity contribution in [3.63, 3.8) is 0 Å². The van der Waals surface area contributed by atoms with E-state index in [-0.39, 0.29) is 0 Å². The highest BCUT2D eigenvalue weighted by atomic mass is 16.4. The third kappa shape index (κ3) is 2.29. The van der Waals surface area contributed by atoms with E-state index in [1.165, 1.54) is 13.8 Å². The molecule has 1 saturated heterocycles. The number of carboxylic acids is 1. The van der Waals surface area contributed by atoms with Crippen LogP contribution >= 0.6 is 0 Å². The van der Waals surface area contributed by atoms with E-state index in [0.717, 1.165) is 0 Å². The minimum absolute atomic E-state index is 0.396. The van der Waals surface area contributed by atoms with Crippen molar-refractivity contribution < 1.29 is 29.4 Å². The first-order valence-electron chi connectivity index (χ1n) is 5.29. The van der Waals surface area contributed by atoms with Gasteiger partial charge < -0.3 is 20.3 Å². The topological polar surface area (TPSA) is 144 Å². The zero-order valence-corrected chi connectivity index (χ0v) is 9.84. The van der Waals surface area contributed by atoms with Gasteiger partial charge in [0.1, 0.15) is 0 Å². The monoisotopic (exact) mass is 255 g/mol. The molecule has 4 atom stereocenters. The molecule has 3 N–H and O–H groups in total. The smallest absolute Gasteiger partial charge is 0.429 e. The molecule has 0 unspecified atom stereocenters. The second kappa shape index (κ2) is 5.07. The van der Waals surface area contributed by atoms with Gasteiger partial charge in [0.2, 0.25) is 5.91 Å². The molecule has 0 aromatic rings. The Morgan fingerprint density at radius 3 is 2.39 bits per heavy atom. The molecule has 0 radical (unpaired) electrons. The Balaban J connectivity index is 2.86. The number of hydrogen-bond acceptors (Lipinski definition) is 6. The molecular formula is C10H13N3O5. The molecule has 8 nitrogen and oxygen atoms in total. The first-order chi connectivity index (χ1) is 8.31. The number of carbonyl (C=O) groups excluding carboxylic acids is 3. The van der Waals surface area contributed by atoms with Gasteiger partial charge >= 0.3 is 5.71 Å². The third-order valence-electron chi connectivity index (χ3n) is 3.01. The average Bonchev–Trinajstić information content (AvgIpc) is 2.24. The van der Waals surface area contributed by atoms with Crippen molar-refractivity contribution in [2.24, 2.45) is 11.8 Å². The number of ketones is 1. The van der Waals surface area contributed by atoms with E-state index in [1.807, 2.05) is 0 Å². The van der Waals surface area contributed by atoms with Crippen LogP contribution in [0.25, 0.3) is 0 Å².